The summed E-state index contributed by atoms with van der Waals surface area (Å²) in [5.74, 6) is -2.37. The van der Waals surface area contributed by atoms with Gasteiger partial charge in [0.15, 0.2) is 12.2 Å². The van der Waals surface area contributed by atoms with Crippen LogP contribution in [0.15, 0.2) is 170 Å². The van der Waals surface area contributed by atoms with Crippen LogP contribution in [-0.2, 0) is 65.4 Å². The predicted molar refractivity (Wildman–Crippen MR) is 436 cm³/mol. The van der Waals surface area contributed by atoms with E-state index in [9.17, 15) is 43.2 Å². The summed E-state index contributed by atoms with van der Waals surface area (Å²) >= 11 is 0. The Labute approximate surface area is 642 Å². The number of ether oxygens (including phenoxy) is 4. The molecule has 0 aromatic rings. The minimum absolute atomic E-state index is 0.0675. The van der Waals surface area contributed by atoms with Gasteiger partial charge in [0.2, 0.25) is 0 Å². The zero-order valence-electron chi connectivity index (χ0n) is 65.8. The number of hydrogen-bond acceptors (Lipinski definition) is 15. The molecule has 0 aliphatic carbocycles. The topological polar surface area (TPSA) is 237 Å². The first-order valence-electron chi connectivity index (χ1n) is 40.4. The monoisotopic (exact) mass is 1520 g/mol. The lowest BCUT2D eigenvalue weighted by atomic mass is 10.1. The molecule has 17 nitrogen and oxygen atoms in total. The molecule has 0 heterocycles. The lowest BCUT2D eigenvalue weighted by Crippen LogP contribution is -2.30. The summed E-state index contributed by atoms with van der Waals surface area (Å²) in [5, 5.41) is 10.6. The fourth-order valence-corrected chi connectivity index (χ4v) is 11.7. The number of aliphatic hydroxyl groups is 1. The number of phosphoric ester groups is 2. The molecule has 5 atom stereocenters. The van der Waals surface area contributed by atoms with E-state index in [1.165, 1.54) is 19.3 Å². The van der Waals surface area contributed by atoms with Crippen LogP contribution < -0.4 is 0 Å². The van der Waals surface area contributed by atoms with E-state index in [2.05, 4.69) is 174 Å². The van der Waals surface area contributed by atoms with E-state index in [0.717, 1.165) is 199 Å². The summed E-state index contributed by atoms with van der Waals surface area (Å²) in [7, 11) is -10.0. The predicted octanol–water partition coefficient (Wildman–Crippen LogP) is 23.8. The molecule has 602 valence electrons. The van der Waals surface area contributed by atoms with Crippen LogP contribution in [0.25, 0.3) is 0 Å². The maximum absolute atomic E-state index is 13.1. The summed E-state index contributed by atoms with van der Waals surface area (Å²) in [6.45, 7) is 4.35. The molecule has 0 saturated heterocycles. The normalized spacial score (nSPS) is 14.7. The summed E-state index contributed by atoms with van der Waals surface area (Å²) in [4.78, 5) is 73.0. The van der Waals surface area contributed by atoms with Crippen molar-refractivity contribution < 1.29 is 80.2 Å². The van der Waals surface area contributed by atoms with Crippen LogP contribution in [-0.4, -0.2) is 96.7 Å². The smallest absolute Gasteiger partial charge is 0.462 e. The molecule has 0 rings (SSSR count). The molecule has 106 heavy (non-hydrogen) atoms. The second kappa shape index (κ2) is 77.6. The molecule has 0 radical (unpaired) electrons. The number of hydrogen-bond donors (Lipinski definition) is 3. The summed E-state index contributed by atoms with van der Waals surface area (Å²) in [6.07, 6.45) is 92.1. The van der Waals surface area contributed by atoms with Gasteiger partial charge in [0, 0.05) is 19.3 Å². The minimum atomic E-state index is -5.01. The van der Waals surface area contributed by atoms with Gasteiger partial charge in [0.1, 0.15) is 19.3 Å². The summed E-state index contributed by atoms with van der Waals surface area (Å²) in [6, 6.07) is 0. The highest BCUT2D eigenvalue weighted by Crippen LogP contribution is 2.45. The van der Waals surface area contributed by atoms with Crippen molar-refractivity contribution in [1.29, 1.82) is 0 Å². The molecular weight excluding hydrogens is 1380 g/mol. The first kappa shape index (κ1) is 100. The highest BCUT2D eigenvalue weighted by Gasteiger charge is 2.30. The van der Waals surface area contributed by atoms with E-state index in [4.69, 9.17) is 37.0 Å². The fourth-order valence-electron chi connectivity index (χ4n) is 10.2. The van der Waals surface area contributed by atoms with Gasteiger partial charge in [-0.1, -0.05) is 288 Å². The fraction of sp³-hybridized carbons (Fsp3) is 0.632. The van der Waals surface area contributed by atoms with Gasteiger partial charge in [-0.25, -0.2) is 9.13 Å². The Morgan fingerprint density at radius 3 is 0.840 bits per heavy atom. The van der Waals surface area contributed by atoms with Gasteiger partial charge in [-0.3, -0.25) is 37.3 Å². The lowest BCUT2D eigenvalue weighted by Gasteiger charge is -2.21. The molecule has 0 amide bonds. The number of unbranched alkanes of at least 4 members (excludes halogenated alkanes) is 21. The lowest BCUT2D eigenvalue weighted by molar-refractivity contribution is -0.161. The van der Waals surface area contributed by atoms with Crippen molar-refractivity contribution >= 4 is 39.5 Å². The minimum Gasteiger partial charge on any atom is -0.462 e. The van der Waals surface area contributed by atoms with Crippen LogP contribution in [0.3, 0.4) is 0 Å². The number of allylic oxidation sites excluding steroid dienone is 27. The van der Waals surface area contributed by atoms with Gasteiger partial charge in [-0.05, 0) is 154 Å². The standard InChI is InChI=1S/C87H142O17P2/c1-5-9-13-17-21-25-29-33-37-39-40-42-46-48-52-56-60-64-68-72-85(90)98-78-83(104-87(92)74-70-66-62-58-54-50-44-36-32-28-24-20-16-12-8-4)80-102-106(95,96)100-76-81(88)75-99-105(93,94)101-79-82(103-86(91)73-69-65-61-57-53-49-43-35-31-27-23-19-15-11-7-3)77-97-84(89)71-67-63-59-55-51-47-45-41-38-34-30-26-22-18-14-10-6-2/h9-11,13-15,21-28,33-38,40,42-44,53,57,65,69,81-83,88H,5-8,12,16-20,29-32,39,41,45-52,54-56,58-64,66-68,70-80H2,1-4H3,(H,93,94)(H,95,96)/b13-9-,14-10-,15-11-,25-21-,26-22-,27-23-,28-24-,37-33-,38-34-,42-40-,43-35-,44-36-,57-53-,69-65-. The van der Waals surface area contributed by atoms with E-state index < -0.39 is 97.5 Å². The van der Waals surface area contributed by atoms with Crippen molar-refractivity contribution in [3.63, 3.8) is 0 Å². The molecule has 0 fully saturated rings. The molecule has 0 spiro atoms. The first-order chi connectivity index (χ1) is 51.7. The van der Waals surface area contributed by atoms with Crippen LogP contribution >= 0.6 is 15.6 Å². The van der Waals surface area contributed by atoms with Crippen molar-refractivity contribution in [2.45, 2.75) is 316 Å². The summed E-state index contributed by atoms with van der Waals surface area (Å²) < 4.78 is 68.5. The first-order valence-corrected chi connectivity index (χ1v) is 43.4. The Morgan fingerprint density at radius 1 is 0.283 bits per heavy atom. The van der Waals surface area contributed by atoms with E-state index in [-0.39, 0.29) is 25.7 Å². The van der Waals surface area contributed by atoms with Gasteiger partial charge >= 0.3 is 39.5 Å². The number of aliphatic hydroxyl groups excluding tert-OH is 1. The zero-order valence-corrected chi connectivity index (χ0v) is 67.6. The number of phosphoric acid groups is 2. The van der Waals surface area contributed by atoms with Crippen molar-refractivity contribution in [2.24, 2.45) is 0 Å². The van der Waals surface area contributed by atoms with Gasteiger partial charge in [-0.2, -0.15) is 0 Å². The molecule has 5 unspecified atom stereocenters. The average molecular weight is 1520 g/mol. The maximum atomic E-state index is 13.1. The van der Waals surface area contributed by atoms with Gasteiger partial charge < -0.3 is 33.8 Å². The van der Waals surface area contributed by atoms with E-state index in [1.807, 2.05) is 12.2 Å². The molecule has 0 aliphatic heterocycles. The van der Waals surface area contributed by atoms with Crippen molar-refractivity contribution in [3.8, 4) is 0 Å². The van der Waals surface area contributed by atoms with Crippen LogP contribution in [0.1, 0.15) is 297 Å². The molecule has 19 heteroatoms. The quantitative estimate of drug-likeness (QED) is 0.0169. The molecule has 0 bridgehead atoms. The summed E-state index contributed by atoms with van der Waals surface area (Å²) in [5.41, 5.74) is 0. The largest absolute Gasteiger partial charge is 0.472 e. The van der Waals surface area contributed by atoms with Gasteiger partial charge in [-0.15, -0.1) is 0 Å². The van der Waals surface area contributed by atoms with E-state index in [1.54, 1.807) is 12.2 Å². The molecule has 0 aliphatic rings. The Hall–Kier alpha value is -5.58. The van der Waals surface area contributed by atoms with Gasteiger partial charge in [0.05, 0.1) is 32.8 Å². The Balaban J connectivity index is 5.46. The number of rotatable bonds is 74. The molecule has 3 N–H and O–H groups in total. The number of esters is 4. The molecule has 0 saturated carbocycles. The van der Waals surface area contributed by atoms with Crippen molar-refractivity contribution in [2.75, 3.05) is 39.6 Å². The third-order valence-corrected chi connectivity index (χ3v) is 18.1. The molecular formula is C87H142O17P2. The van der Waals surface area contributed by atoms with Crippen LogP contribution in [0.2, 0.25) is 0 Å². The second-order valence-corrected chi connectivity index (χ2v) is 29.1. The Kier molecular flexibility index (Phi) is 73.5. The Morgan fingerprint density at radius 2 is 0.528 bits per heavy atom. The van der Waals surface area contributed by atoms with Crippen LogP contribution in [0.4, 0.5) is 0 Å². The number of carbonyl (C=O) groups is 4. The maximum Gasteiger partial charge on any atom is 0.472 e. The van der Waals surface area contributed by atoms with Crippen LogP contribution in [0, 0.1) is 0 Å². The zero-order chi connectivity index (χ0) is 77.4. The van der Waals surface area contributed by atoms with Gasteiger partial charge in [0.25, 0.3) is 0 Å². The second-order valence-electron chi connectivity index (χ2n) is 26.2. The van der Waals surface area contributed by atoms with Crippen molar-refractivity contribution in [1.82, 2.24) is 0 Å². The highest BCUT2D eigenvalue weighted by atomic mass is 31.2. The average Bonchev–Trinajstić information content (AvgIpc) is 0.902. The number of carbonyl (C=O) groups excluding carboxylic acids is 4. The highest BCUT2D eigenvalue weighted by molar-refractivity contribution is 7.47. The van der Waals surface area contributed by atoms with E-state index in [0.29, 0.717) is 25.7 Å². The molecule has 0 aromatic carbocycles. The molecule has 0 aromatic heterocycles. The van der Waals surface area contributed by atoms with E-state index >= 15 is 0 Å². The third kappa shape index (κ3) is 76.6. The SMILES string of the molecule is CC/C=C\C/C=C\C/C=C\C/C=C\C/C=C\CC(=O)OC(COC(=O)CCCCCCCCC/C=C\C/C=C\C/C=C\CC)COP(=O)(O)OCC(O)COP(=O)(O)OCC(COC(=O)CCCCCCCC/C=C\C/C=C\C/C=C\C/C=C\CC)OC(=O)CCCCCCC/C=C\C/C=C\CCCCC. The van der Waals surface area contributed by atoms with Crippen molar-refractivity contribution in [3.05, 3.63) is 170 Å². The van der Waals surface area contributed by atoms with Crippen LogP contribution in [0.5, 0.6) is 0 Å². The third-order valence-electron chi connectivity index (χ3n) is 16.2. The Bertz CT molecular complexity index is 2680.